The van der Waals surface area contributed by atoms with Gasteiger partial charge in [0, 0.05) is 3.92 Å². The maximum absolute atomic E-state index is 2.66. The van der Waals surface area contributed by atoms with Crippen LogP contribution in [0.2, 0.25) is 11.6 Å². The van der Waals surface area contributed by atoms with Crippen molar-refractivity contribution >= 4 is 29.9 Å². The highest BCUT2D eigenvalue weighted by Gasteiger charge is 2.32. The van der Waals surface area contributed by atoms with Crippen LogP contribution in [0, 0.1) is 0 Å². The summed E-state index contributed by atoms with van der Waals surface area (Å²) < 4.78 is 1.02. The number of fused-ring (bicyclic) bond motifs is 2. The van der Waals surface area contributed by atoms with Crippen LogP contribution in [0.3, 0.4) is 0 Å². The van der Waals surface area contributed by atoms with Crippen LogP contribution in [0.15, 0.2) is 0 Å². The van der Waals surface area contributed by atoms with Crippen molar-refractivity contribution in [3.05, 3.63) is 0 Å². The molecule has 2 heteroatoms. The van der Waals surface area contributed by atoms with E-state index in [1.54, 1.807) is 13.7 Å². The van der Waals surface area contributed by atoms with Gasteiger partial charge in [-0.1, -0.05) is 59.9 Å². The maximum Gasteiger partial charge on any atom is 0.128 e. The molecule has 2 saturated heterocycles. The van der Waals surface area contributed by atoms with E-state index in [1.165, 1.54) is 25.7 Å². The Kier molecular flexibility index (Phi) is 2.26. The molecule has 2 fully saturated rings. The maximum atomic E-state index is 2.66. The molecule has 0 spiro atoms. The number of alkyl halides is 1. The van der Waals surface area contributed by atoms with Gasteiger partial charge in [-0.15, -0.1) is 0 Å². The highest BCUT2D eigenvalue weighted by molar-refractivity contribution is 14.1. The molecule has 0 radical (unpaired) electrons. The van der Waals surface area contributed by atoms with E-state index >= 15 is 0 Å². The first kappa shape index (κ1) is 7.44. The van der Waals surface area contributed by atoms with Crippen molar-refractivity contribution in [2.24, 2.45) is 0 Å². The van der Waals surface area contributed by atoms with E-state index in [0.29, 0.717) is 0 Å². The molecule has 2 aliphatic rings. The first-order valence-corrected chi connectivity index (χ1v) is 5.75. The summed E-state index contributed by atoms with van der Waals surface area (Å²) in [5.74, 6) is 2.23. The lowest BCUT2D eigenvalue weighted by molar-refractivity contribution is 0.471. The SMILES string of the molecule is IC1CCC2BC1CCC2. The van der Waals surface area contributed by atoms with Crippen LogP contribution in [0.5, 0.6) is 0 Å². The van der Waals surface area contributed by atoms with Crippen molar-refractivity contribution in [3.63, 3.8) is 0 Å². The summed E-state index contributed by atoms with van der Waals surface area (Å²) in [5.41, 5.74) is 0. The fraction of sp³-hybridized carbons (Fsp3) is 1.00. The highest BCUT2D eigenvalue weighted by Crippen LogP contribution is 2.44. The van der Waals surface area contributed by atoms with Crippen LogP contribution in [-0.2, 0) is 0 Å². The molecule has 0 saturated carbocycles. The number of hydrogen-bond acceptors (Lipinski definition) is 0. The Balaban J connectivity index is 2.00. The lowest BCUT2D eigenvalue weighted by Gasteiger charge is -2.36. The van der Waals surface area contributed by atoms with Gasteiger partial charge in [-0.3, -0.25) is 0 Å². The summed E-state index contributed by atoms with van der Waals surface area (Å²) in [6.07, 6.45) is 7.64. The van der Waals surface area contributed by atoms with Gasteiger partial charge in [0.15, 0.2) is 0 Å². The Hall–Kier alpha value is 0.795. The van der Waals surface area contributed by atoms with Crippen molar-refractivity contribution < 1.29 is 0 Å². The molecule has 3 unspecified atom stereocenters. The summed E-state index contributed by atoms with van der Waals surface area (Å²) >= 11 is 2.66. The molecule has 3 atom stereocenters. The third kappa shape index (κ3) is 1.36. The third-order valence-corrected chi connectivity index (χ3v) is 4.83. The molecule has 10 heavy (non-hydrogen) atoms. The van der Waals surface area contributed by atoms with E-state index in [2.05, 4.69) is 22.6 Å². The quantitative estimate of drug-likeness (QED) is 0.351. The molecule has 0 aromatic carbocycles. The average Bonchev–Trinajstić information content (AvgIpc) is 1.99. The zero-order valence-corrected chi connectivity index (χ0v) is 8.51. The highest BCUT2D eigenvalue weighted by atomic mass is 127. The minimum atomic E-state index is 1.02. The Bertz CT molecular complexity index is 124. The first-order valence-electron chi connectivity index (χ1n) is 4.50. The fourth-order valence-electron chi connectivity index (χ4n) is 2.55. The molecule has 0 aliphatic carbocycles. The smallest absolute Gasteiger partial charge is 0.0831 e. The molecule has 0 nitrogen and oxygen atoms in total. The molecule has 0 N–H and O–H groups in total. The van der Waals surface area contributed by atoms with Gasteiger partial charge in [0.1, 0.15) is 7.28 Å². The molecule has 2 rings (SSSR count). The molecule has 2 heterocycles. The topological polar surface area (TPSA) is 0 Å². The lowest BCUT2D eigenvalue weighted by Crippen LogP contribution is -2.28. The van der Waals surface area contributed by atoms with Crippen molar-refractivity contribution in [2.45, 2.75) is 47.7 Å². The second-order valence-corrected chi connectivity index (χ2v) is 5.49. The van der Waals surface area contributed by atoms with Crippen LogP contribution < -0.4 is 0 Å². The predicted molar refractivity (Wildman–Crippen MR) is 55.5 cm³/mol. The average molecular weight is 248 g/mol. The summed E-state index contributed by atoms with van der Waals surface area (Å²) in [7, 11) is 1.56. The summed E-state index contributed by atoms with van der Waals surface area (Å²) in [6, 6.07) is 0. The molecule has 0 aromatic heterocycles. The van der Waals surface area contributed by atoms with Crippen LogP contribution in [0.1, 0.15) is 32.1 Å². The fourth-order valence-corrected chi connectivity index (χ4v) is 3.57. The molecule has 2 aliphatic heterocycles. The Morgan fingerprint density at radius 1 is 1.10 bits per heavy atom. The Labute approximate surface area is 77.5 Å². The van der Waals surface area contributed by atoms with Gasteiger partial charge >= 0.3 is 0 Å². The van der Waals surface area contributed by atoms with Gasteiger partial charge in [-0.05, 0) is 6.42 Å². The normalized spacial score (nSPS) is 46.3. The van der Waals surface area contributed by atoms with E-state index < -0.39 is 0 Å². The van der Waals surface area contributed by atoms with Gasteiger partial charge < -0.3 is 0 Å². The van der Waals surface area contributed by atoms with Crippen molar-refractivity contribution in [1.82, 2.24) is 0 Å². The van der Waals surface area contributed by atoms with Gasteiger partial charge in [0.05, 0.1) is 0 Å². The van der Waals surface area contributed by atoms with E-state index in [9.17, 15) is 0 Å². The van der Waals surface area contributed by atoms with Gasteiger partial charge in [-0.2, -0.15) is 0 Å². The number of rotatable bonds is 0. The van der Waals surface area contributed by atoms with E-state index in [1.807, 2.05) is 0 Å². The minimum absolute atomic E-state index is 1.02. The van der Waals surface area contributed by atoms with E-state index in [0.717, 1.165) is 15.6 Å². The minimum Gasteiger partial charge on any atom is -0.0831 e. The second kappa shape index (κ2) is 3.04. The van der Waals surface area contributed by atoms with Crippen LogP contribution >= 0.6 is 22.6 Å². The monoisotopic (exact) mass is 248 g/mol. The van der Waals surface area contributed by atoms with E-state index in [4.69, 9.17) is 0 Å². The summed E-state index contributed by atoms with van der Waals surface area (Å²) in [6.45, 7) is 0. The van der Waals surface area contributed by atoms with Gasteiger partial charge in [0.25, 0.3) is 0 Å². The Morgan fingerprint density at radius 2 is 2.00 bits per heavy atom. The lowest BCUT2D eigenvalue weighted by atomic mass is 9.44. The van der Waals surface area contributed by atoms with Crippen LogP contribution in [0.4, 0.5) is 0 Å². The second-order valence-electron chi connectivity index (χ2n) is 3.89. The molecule has 2 bridgehead atoms. The summed E-state index contributed by atoms with van der Waals surface area (Å²) in [4.78, 5) is 0. The van der Waals surface area contributed by atoms with Crippen LogP contribution in [0.25, 0.3) is 0 Å². The molecule has 56 valence electrons. The third-order valence-electron chi connectivity index (χ3n) is 3.19. The molecular formula is C8H14BI. The Morgan fingerprint density at radius 3 is 2.80 bits per heavy atom. The summed E-state index contributed by atoms with van der Waals surface area (Å²) in [5, 5.41) is 0. The molecule has 0 amide bonds. The molecular weight excluding hydrogens is 234 g/mol. The first-order chi connectivity index (χ1) is 4.86. The van der Waals surface area contributed by atoms with Crippen molar-refractivity contribution in [3.8, 4) is 0 Å². The van der Waals surface area contributed by atoms with Crippen molar-refractivity contribution in [1.29, 1.82) is 0 Å². The zero-order valence-electron chi connectivity index (χ0n) is 6.35. The van der Waals surface area contributed by atoms with E-state index in [-0.39, 0.29) is 0 Å². The predicted octanol–water partition coefficient (Wildman–Crippen LogP) is 2.78. The van der Waals surface area contributed by atoms with Crippen LogP contribution in [-0.4, -0.2) is 11.2 Å². The van der Waals surface area contributed by atoms with Gasteiger partial charge in [-0.25, -0.2) is 0 Å². The largest absolute Gasteiger partial charge is 0.128 e. The number of hydrogen-bond donors (Lipinski definition) is 0. The molecule has 0 aromatic rings. The van der Waals surface area contributed by atoms with Gasteiger partial charge in [0.2, 0.25) is 0 Å². The number of halogens is 1. The zero-order chi connectivity index (χ0) is 6.97. The van der Waals surface area contributed by atoms with Crippen molar-refractivity contribution in [2.75, 3.05) is 0 Å². The standard InChI is InChI=1S/C8H14BI/c10-8-5-4-6-2-1-3-7(8)9-6/h6-9H,1-5H2.